The fourth-order valence-electron chi connectivity index (χ4n) is 3.97. The predicted octanol–water partition coefficient (Wildman–Crippen LogP) is 2.65. The first-order valence-corrected chi connectivity index (χ1v) is 8.58. The third-order valence-corrected chi connectivity index (χ3v) is 5.17. The Morgan fingerprint density at radius 1 is 1.00 bits per heavy atom. The summed E-state index contributed by atoms with van der Waals surface area (Å²) in [5.74, 6) is 1.78. The third-order valence-electron chi connectivity index (χ3n) is 5.17. The van der Waals surface area contributed by atoms with E-state index in [0.29, 0.717) is 13.2 Å². The predicted molar refractivity (Wildman–Crippen MR) is 84.7 cm³/mol. The van der Waals surface area contributed by atoms with Gasteiger partial charge in [-0.1, -0.05) is 18.9 Å². The normalized spacial score (nSPS) is 23.8. The van der Waals surface area contributed by atoms with Gasteiger partial charge in [-0.2, -0.15) is 0 Å². The molecule has 4 nitrogen and oxygen atoms in total. The Morgan fingerprint density at radius 2 is 1.82 bits per heavy atom. The van der Waals surface area contributed by atoms with E-state index in [-0.39, 0.29) is 5.60 Å². The van der Waals surface area contributed by atoms with Crippen LogP contribution in [0.15, 0.2) is 18.2 Å². The second-order valence-corrected chi connectivity index (χ2v) is 6.74. The first-order chi connectivity index (χ1) is 10.8. The molecule has 0 radical (unpaired) electrons. The average molecular weight is 303 g/mol. The first kappa shape index (κ1) is 14.3. The van der Waals surface area contributed by atoms with E-state index < -0.39 is 0 Å². The summed E-state index contributed by atoms with van der Waals surface area (Å²) < 4.78 is 17.4. The summed E-state index contributed by atoms with van der Waals surface area (Å²) in [5, 5.41) is 0. The average Bonchev–Trinajstić information content (AvgIpc) is 3.00. The molecule has 1 spiro atoms. The zero-order valence-corrected chi connectivity index (χ0v) is 13.2. The smallest absolute Gasteiger partial charge is 0.161 e. The fraction of sp³-hybridized carbons (Fsp3) is 0.667. The standard InChI is InChI=1S/C18H25NO3/c1-2-7-18(6-1)14-19(9-10-22-18)8-5-15-3-4-16-17(13-15)21-12-11-20-16/h3-4,13H,1-2,5-12,14H2. The Bertz CT molecular complexity index is 525. The number of hydrogen-bond acceptors (Lipinski definition) is 4. The van der Waals surface area contributed by atoms with Gasteiger partial charge in [0.2, 0.25) is 0 Å². The zero-order chi connectivity index (χ0) is 14.8. The number of nitrogens with zero attached hydrogens (tertiary/aromatic N) is 1. The Labute approximate surface area is 132 Å². The van der Waals surface area contributed by atoms with Crippen LogP contribution in [0.25, 0.3) is 0 Å². The van der Waals surface area contributed by atoms with Gasteiger partial charge in [0.1, 0.15) is 13.2 Å². The molecular weight excluding hydrogens is 278 g/mol. The van der Waals surface area contributed by atoms with Gasteiger partial charge < -0.3 is 14.2 Å². The van der Waals surface area contributed by atoms with Crippen molar-refractivity contribution in [3.63, 3.8) is 0 Å². The highest BCUT2D eigenvalue weighted by molar-refractivity contribution is 5.43. The zero-order valence-electron chi connectivity index (χ0n) is 13.2. The van der Waals surface area contributed by atoms with E-state index in [2.05, 4.69) is 17.0 Å². The van der Waals surface area contributed by atoms with Crippen LogP contribution in [0.5, 0.6) is 11.5 Å². The van der Waals surface area contributed by atoms with Crippen molar-refractivity contribution in [2.75, 3.05) is 39.5 Å². The number of hydrogen-bond donors (Lipinski definition) is 0. The minimum Gasteiger partial charge on any atom is -0.486 e. The van der Waals surface area contributed by atoms with Crippen molar-refractivity contribution in [3.8, 4) is 11.5 Å². The molecule has 2 fully saturated rings. The number of morpholine rings is 1. The highest BCUT2D eigenvalue weighted by Gasteiger charge is 2.38. The van der Waals surface area contributed by atoms with E-state index in [9.17, 15) is 0 Å². The first-order valence-electron chi connectivity index (χ1n) is 8.58. The molecule has 0 N–H and O–H groups in total. The van der Waals surface area contributed by atoms with E-state index in [1.165, 1.54) is 31.2 Å². The van der Waals surface area contributed by atoms with Gasteiger partial charge in [0, 0.05) is 19.6 Å². The Hall–Kier alpha value is -1.26. The van der Waals surface area contributed by atoms with E-state index in [4.69, 9.17) is 14.2 Å². The minimum atomic E-state index is 0.172. The lowest BCUT2D eigenvalue weighted by molar-refractivity contribution is -0.104. The summed E-state index contributed by atoms with van der Waals surface area (Å²) in [7, 11) is 0. The number of fused-ring (bicyclic) bond motifs is 1. The molecule has 4 rings (SSSR count). The van der Waals surface area contributed by atoms with Crippen LogP contribution < -0.4 is 9.47 Å². The van der Waals surface area contributed by atoms with Crippen molar-refractivity contribution in [1.82, 2.24) is 4.90 Å². The van der Waals surface area contributed by atoms with Gasteiger partial charge in [0.15, 0.2) is 11.5 Å². The molecule has 1 aromatic rings. The second-order valence-electron chi connectivity index (χ2n) is 6.74. The molecule has 1 aliphatic carbocycles. The number of rotatable bonds is 3. The molecule has 1 saturated carbocycles. The van der Waals surface area contributed by atoms with Crippen LogP contribution in [0.3, 0.4) is 0 Å². The van der Waals surface area contributed by atoms with Gasteiger partial charge in [-0.05, 0) is 37.0 Å². The summed E-state index contributed by atoms with van der Waals surface area (Å²) in [4.78, 5) is 2.58. The highest BCUT2D eigenvalue weighted by Crippen LogP contribution is 2.36. The highest BCUT2D eigenvalue weighted by atomic mass is 16.6. The van der Waals surface area contributed by atoms with Crippen molar-refractivity contribution in [1.29, 1.82) is 0 Å². The molecule has 3 aliphatic rings. The maximum Gasteiger partial charge on any atom is 0.161 e. The molecule has 0 bridgehead atoms. The molecule has 2 aliphatic heterocycles. The molecule has 0 amide bonds. The van der Waals surface area contributed by atoms with Gasteiger partial charge in [-0.25, -0.2) is 0 Å². The molecule has 0 atom stereocenters. The molecular formula is C18H25NO3. The molecule has 22 heavy (non-hydrogen) atoms. The molecule has 4 heteroatoms. The summed E-state index contributed by atoms with van der Waals surface area (Å²) in [5.41, 5.74) is 1.50. The summed E-state index contributed by atoms with van der Waals surface area (Å²) in [6.07, 6.45) is 6.21. The van der Waals surface area contributed by atoms with Gasteiger partial charge in [-0.3, -0.25) is 4.90 Å². The summed E-state index contributed by atoms with van der Waals surface area (Å²) in [6, 6.07) is 6.35. The van der Waals surface area contributed by atoms with E-state index >= 15 is 0 Å². The molecule has 1 aromatic carbocycles. The third kappa shape index (κ3) is 2.95. The van der Waals surface area contributed by atoms with E-state index in [0.717, 1.165) is 44.2 Å². The van der Waals surface area contributed by atoms with Gasteiger partial charge in [0.05, 0.1) is 12.2 Å². The molecule has 120 valence electrons. The van der Waals surface area contributed by atoms with Gasteiger partial charge >= 0.3 is 0 Å². The lowest BCUT2D eigenvalue weighted by atomic mass is 9.99. The van der Waals surface area contributed by atoms with Gasteiger partial charge in [0.25, 0.3) is 0 Å². The summed E-state index contributed by atoms with van der Waals surface area (Å²) >= 11 is 0. The Kier molecular flexibility index (Phi) is 3.97. The van der Waals surface area contributed by atoms with E-state index in [1.54, 1.807) is 0 Å². The van der Waals surface area contributed by atoms with Crippen LogP contribution in [0, 0.1) is 0 Å². The van der Waals surface area contributed by atoms with Crippen LogP contribution in [-0.2, 0) is 11.2 Å². The quantitative estimate of drug-likeness (QED) is 0.859. The van der Waals surface area contributed by atoms with Crippen molar-refractivity contribution in [3.05, 3.63) is 23.8 Å². The molecule has 0 aromatic heterocycles. The van der Waals surface area contributed by atoms with Crippen LogP contribution in [0.4, 0.5) is 0 Å². The number of ether oxygens (including phenoxy) is 3. The second kappa shape index (κ2) is 6.09. The molecule has 1 saturated heterocycles. The molecule has 0 unspecified atom stereocenters. The fourth-order valence-corrected chi connectivity index (χ4v) is 3.97. The van der Waals surface area contributed by atoms with Crippen molar-refractivity contribution in [2.24, 2.45) is 0 Å². The van der Waals surface area contributed by atoms with Crippen molar-refractivity contribution in [2.45, 2.75) is 37.7 Å². The van der Waals surface area contributed by atoms with Gasteiger partial charge in [-0.15, -0.1) is 0 Å². The Balaban J connectivity index is 1.36. The van der Waals surface area contributed by atoms with Crippen molar-refractivity contribution < 1.29 is 14.2 Å². The summed E-state index contributed by atoms with van der Waals surface area (Å²) in [6.45, 7) is 5.47. The van der Waals surface area contributed by atoms with Crippen LogP contribution in [0.2, 0.25) is 0 Å². The van der Waals surface area contributed by atoms with E-state index in [1.807, 2.05) is 6.07 Å². The lowest BCUT2D eigenvalue weighted by Gasteiger charge is -2.40. The van der Waals surface area contributed by atoms with Crippen LogP contribution in [-0.4, -0.2) is 50.0 Å². The van der Waals surface area contributed by atoms with Crippen LogP contribution in [0.1, 0.15) is 31.2 Å². The Morgan fingerprint density at radius 3 is 2.68 bits per heavy atom. The largest absolute Gasteiger partial charge is 0.486 e. The SMILES string of the molecule is c1cc2c(cc1CCN1CCOC3(CCCC3)C1)OCCO2. The van der Waals surface area contributed by atoms with Crippen molar-refractivity contribution >= 4 is 0 Å². The lowest BCUT2D eigenvalue weighted by Crippen LogP contribution is -2.50. The minimum absolute atomic E-state index is 0.172. The number of benzene rings is 1. The monoisotopic (exact) mass is 303 g/mol. The topological polar surface area (TPSA) is 30.9 Å². The molecule has 2 heterocycles. The maximum atomic E-state index is 6.10. The maximum absolute atomic E-state index is 6.10. The van der Waals surface area contributed by atoms with Crippen LogP contribution >= 0.6 is 0 Å².